The summed E-state index contributed by atoms with van der Waals surface area (Å²) in [4.78, 5) is 0.127. The Balaban J connectivity index is 2.38. The first-order chi connectivity index (χ1) is 9.70. The van der Waals surface area contributed by atoms with Gasteiger partial charge in [-0.05, 0) is 39.0 Å². The van der Waals surface area contributed by atoms with Crippen molar-refractivity contribution in [3.8, 4) is 0 Å². The van der Waals surface area contributed by atoms with Crippen LogP contribution < -0.4 is 4.72 Å². The van der Waals surface area contributed by atoms with E-state index >= 15 is 0 Å². The van der Waals surface area contributed by atoms with Gasteiger partial charge in [0.05, 0.1) is 16.4 Å². The summed E-state index contributed by atoms with van der Waals surface area (Å²) in [6, 6.07) is 4.64. The predicted molar refractivity (Wildman–Crippen MR) is 84.6 cm³/mol. The van der Waals surface area contributed by atoms with E-state index < -0.39 is 10.0 Å². The van der Waals surface area contributed by atoms with Gasteiger partial charge in [0.1, 0.15) is 4.90 Å². The summed E-state index contributed by atoms with van der Waals surface area (Å²) in [6.07, 6.45) is 1.51. The van der Waals surface area contributed by atoms with Crippen molar-refractivity contribution in [3.63, 3.8) is 0 Å². The van der Waals surface area contributed by atoms with E-state index in [1.54, 1.807) is 17.7 Å². The molecule has 5 nitrogen and oxygen atoms in total. The summed E-state index contributed by atoms with van der Waals surface area (Å²) in [5.41, 5.74) is 0.707. The average molecular weight is 348 g/mol. The van der Waals surface area contributed by atoms with Crippen LogP contribution in [0.2, 0.25) is 10.0 Å². The van der Waals surface area contributed by atoms with Crippen LogP contribution >= 0.6 is 23.2 Å². The van der Waals surface area contributed by atoms with Gasteiger partial charge in [0.15, 0.2) is 0 Å². The number of anilines is 1. The van der Waals surface area contributed by atoms with Crippen LogP contribution in [0.4, 0.5) is 5.69 Å². The molecule has 8 heteroatoms. The third-order valence-electron chi connectivity index (χ3n) is 2.87. The van der Waals surface area contributed by atoms with Crippen molar-refractivity contribution in [2.45, 2.75) is 31.7 Å². The largest absolute Gasteiger partial charge is 0.278 e. The van der Waals surface area contributed by atoms with Crippen LogP contribution in [0.25, 0.3) is 0 Å². The smallest absolute Gasteiger partial charge is 0.265 e. The summed E-state index contributed by atoms with van der Waals surface area (Å²) >= 11 is 11.8. The lowest BCUT2D eigenvalue weighted by Gasteiger charge is -2.09. The van der Waals surface area contributed by atoms with E-state index in [0.717, 1.165) is 0 Å². The van der Waals surface area contributed by atoms with Crippen LogP contribution in [0.5, 0.6) is 0 Å². The first kappa shape index (κ1) is 16.1. The van der Waals surface area contributed by atoms with Crippen LogP contribution in [-0.4, -0.2) is 18.2 Å². The number of aromatic nitrogens is 2. The maximum absolute atomic E-state index is 12.4. The number of sulfonamides is 1. The second-order valence-corrected chi connectivity index (χ2v) is 7.38. The van der Waals surface area contributed by atoms with Gasteiger partial charge in [-0.15, -0.1) is 0 Å². The first-order valence-electron chi connectivity index (χ1n) is 6.24. The highest BCUT2D eigenvalue weighted by molar-refractivity contribution is 7.92. The second-order valence-electron chi connectivity index (χ2n) is 4.88. The molecule has 1 aromatic heterocycles. The summed E-state index contributed by atoms with van der Waals surface area (Å²) in [5, 5.41) is 4.87. The van der Waals surface area contributed by atoms with E-state index in [0.29, 0.717) is 10.7 Å². The Kier molecular flexibility index (Phi) is 4.51. The molecule has 0 aliphatic carbocycles. The standard InChI is InChI=1S/C13H15Cl2N3O2S/c1-8(2)18-7-13(9(3)16-18)21(19,20)17-12-5-4-10(14)6-11(12)15/h4-8,17H,1-3H3. The molecule has 0 aliphatic heterocycles. The van der Waals surface area contributed by atoms with Crippen molar-refractivity contribution in [1.82, 2.24) is 9.78 Å². The molecule has 0 amide bonds. The van der Waals surface area contributed by atoms with Crippen LogP contribution in [0.1, 0.15) is 25.6 Å². The van der Waals surface area contributed by atoms with Crippen molar-refractivity contribution in [3.05, 3.63) is 40.1 Å². The Bertz CT molecular complexity index is 770. The summed E-state index contributed by atoms with van der Waals surface area (Å²) in [5.74, 6) is 0. The minimum absolute atomic E-state index is 0.0757. The monoisotopic (exact) mass is 347 g/mol. The molecule has 2 aromatic rings. The fourth-order valence-corrected chi connectivity index (χ4v) is 3.53. The number of aryl methyl sites for hydroxylation is 1. The molecule has 1 N–H and O–H groups in total. The van der Waals surface area contributed by atoms with Crippen LogP contribution in [0.15, 0.2) is 29.3 Å². The van der Waals surface area contributed by atoms with Gasteiger partial charge in [-0.25, -0.2) is 8.42 Å². The summed E-state index contributed by atoms with van der Waals surface area (Å²) in [6.45, 7) is 5.50. The fourth-order valence-electron chi connectivity index (χ4n) is 1.77. The SMILES string of the molecule is Cc1nn(C(C)C)cc1S(=O)(=O)Nc1ccc(Cl)cc1Cl. The number of rotatable bonds is 4. The number of nitrogens with one attached hydrogen (secondary N) is 1. The van der Waals surface area contributed by atoms with Gasteiger partial charge in [-0.2, -0.15) is 5.10 Å². The molecule has 0 fully saturated rings. The lowest BCUT2D eigenvalue weighted by atomic mass is 10.3. The molecule has 0 aliphatic rings. The zero-order chi connectivity index (χ0) is 15.8. The van der Waals surface area contributed by atoms with Crippen LogP contribution in [0.3, 0.4) is 0 Å². The quantitative estimate of drug-likeness (QED) is 0.912. The zero-order valence-corrected chi connectivity index (χ0v) is 14.1. The predicted octanol–water partition coefficient (Wildman–Crippen LogP) is 3.88. The Morgan fingerprint density at radius 1 is 1.29 bits per heavy atom. The molecular formula is C13H15Cl2N3O2S. The molecule has 0 saturated carbocycles. The third-order valence-corrected chi connectivity index (χ3v) is 4.88. The van der Waals surface area contributed by atoms with Crippen LogP contribution in [0, 0.1) is 6.92 Å². The van der Waals surface area contributed by atoms with Crippen LogP contribution in [-0.2, 0) is 10.0 Å². The van der Waals surface area contributed by atoms with Gasteiger partial charge in [0.25, 0.3) is 10.0 Å². The molecule has 0 saturated heterocycles. The Morgan fingerprint density at radius 3 is 2.48 bits per heavy atom. The minimum Gasteiger partial charge on any atom is -0.278 e. The van der Waals surface area contributed by atoms with Gasteiger partial charge in [0, 0.05) is 17.3 Å². The van der Waals surface area contributed by atoms with E-state index in [9.17, 15) is 8.42 Å². The van der Waals surface area contributed by atoms with E-state index in [4.69, 9.17) is 23.2 Å². The highest BCUT2D eigenvalue weighted by Crippen LogP contribution is 2.28. The Morgan fingerprint density at radius 2 is 1.95 bits per heavy atom. The van der Waals surface area contributed by atoms with Gasteiger partial charge in [-0.3, -0.25) is 9.40 Å². The molecule has 0 unspecified atom stereocenters. The number of halogens is 2. The molecular weight excluding hydrogens is 333 g/mol. The van der Waals surface area contributed by atoms with Gasteiger partial charge in [0.2, 0.25) is 0 Å². The molecule has 21 heavy (non-hydrogen) atoms. The number of hydrogen-bond donors (Lipinski definition) is 1. The van der Waals surface area contributed by atoms with Gasteiger partial charge in [-0.1, -0.05) is 23.2 Å². The van der Waals surface area contributed by atoms with E-state index in [1.165, 1.54) is 18.3 Å². The Hall–Kier alpha value is -1.24. The van der Waals surface area contributed by atoms with E-state index in [2.05, 4.69) is 9.82 Å². The van der Waals surface area contributed by atoms with Crippen molar-refractivity contribution >= 4 is 38.9 Å². The molecule has 114 valence electrons. The first-order valence-corrected chi connectivity index (χ1v) is 8.48. The molecule has 2 rings (SSSR count). The zero-order valence-electron chi connectivity index (χ0n) is 11.8. The maximum Gasteiger partial charge on any atom is 0.265 e. The fraction of sp³-hybridized carbons (Fsp3) is 0.308. The van der Waals surface area contributed by atoms with Gasteiger partial charge < -0.3 is 0 Å². The lowest BCUT2D eigenvalue weighted by Crippen LogP contribution is -2.13. The lowest BCUT2D eigenvalue weighted by molar-refractivity contribution is 0.528. The number of nitrogens with zero attached hydrogens (tertiary/aromatic N) is 2. The van der Waals surface area contributed by atoms with Crippen molar-refractivity contribution in [2.24, 2.45) is 0 Å². The Labute approximate surface area is 133 Å². The summed E-state index contributed by atoms with van der Waals surface area (Å²) < 4.78 is 28.9. The molecule has 0 spiro atoms. The highest BCUT2D eigenvalue weighted by atomic mass is 35.5. The average Bonchev–Trinajstić information content (AvgIpc) is 2.76. The number of benzene rings is 1. The minimum atomic E-state index is -3.75. The topological polar surface area (TPSA) is 64.0 Å². The highest BCUT2D eigenvalue weighted by Gasteiger charge is 2.22. The molecule has 0 atom stereocenters. The second kappa shape index (κ2) is 5.87. The maximum atomic E-state index is 12.4. The van der Waals surface area contributed by atoms with E-state index in [1.807, 2.05) is 13.8 Å². The molecule has 1 heterocycles. The summed E-state index contributed by atoms with van der Waals surface area (Å²) in [7, 11) is -3.75. The normalized spacial score (nSPS) is 11.9. The number of hydrogen-bond acceptors (Lipinski definition) is 3. The van der Waals surface area contributed by atoms with Crippen molar-refractivity contribution in [2.75, 3.05) is 4.72 Å². The van der Waals surface area contributed by atoms with E-state index in [-0.39, 0.29) is 21.6 Å². The molecule has 1 aromatic carbocycles. The molecule has 0 bridgehead atoms. The third kappa shape index (κ3) is 3.51. The van der Waals surface area contributed by atoms with Crippen molar-refractivity contribution < 1.29 is 8.42 Å². The molecule has 0 radical (unpaired) electrons. The van der Waals surface area contributed by atoms with Crippen molar-refractivity contribution in [1.29, 1.82) is 0 Å². The van der Waals surface area contributed by atoms with Gasteiger partial charge >= 0.3 is 0 Å².